The largest absolute Gasteiger partial charge is 0.367 e. The number of carbonyl (C=O) groups excluding carboxylic acids is 1. The van der Waals surface area contributed by atoms with Crippen LogP contribution >= 0.6 is 0 Å². The van der Waals surface area contributed by atoms with E-state index >= 15 is 0 Å². The molecule has 1 fully saturated rings. The number of sulfonamides is 1. The summed E-state index contributed by atoms with van der Waals surface area (Å²) in [4.78, 5) is 16.2. The molecule has 1 aromatic heterocycles. The van der Waals surface area contributed by atoms with Gasteiger partial charge in [-0.05, 0) is 37.1 Å². The minimum absolute atomic E-state index is 0.142. The predicted octanol–water partition coefficient (Wildman–Crippen LogP) is 0.319. The number of primary amides is 1. The summed E-state index contributed by atoms with van der Waals surface area (Å²) in [5.74, 6) is 0.145. The van der Waals surface area contributed by atoms with Crippen molar-refractivity contribution in [2.75, 3.05) is 13.1 Å². The molecular formula is C18H19N5O4S. The third-order valence-corrected chi connectivity index (χ3v) is 7.23. The second-order valence-electron chi connectivity index (χ2n) is 6.95. The number of fused-ring (bicyclic) bond motifs is 2. The number of nitrogens with zero attached hydrogens (tertiary/aromatic N) is 4. The van der Waals surface area contributed by atoms with Gasteiger partial charge < -0.3 is 15.0 Å². The lowest BCUT2D eigenvalue weighted by molar-refractivity contribution is -0.168. The lowest BCUT2D eigenvalue weighted by atomic mass is 9.89. The van der Waals surface area contributed by atoms with E-state index in [1.54, 1.807) is 12.4 Å². The van der Waals surface area contributed by atoms with Crippen molar-refractivity contribution >= 4 is 15.9 Å². The van der Waals surface area contributed by atoms with Gasteiger partial charge in [0.1, 0.15) is 11.4 Å². The van der Waals surface area contributed by atoms with Gasteiger partial charge in [0, 0.05) is 25.5 Å². The summed E-state index contributed by atoms with van der Waals surface area (Å²) < 4.78 is 35.2. The third-order valence-electron chi connectivity index (χ3n) is 5.32. The molecule has 1 saturated heterocycles. The third kappa shape index (κ3) is 2.97. The van der Waals surface area contributed by atoms with Gasteiger partial charge in [0.2, 0.25) is 15.9 Å². The summed E-state index contributed by atoms with van der Waals surface area (Å²) >= 11 is 0. The number of nitriles is 1. The van der Waals surface area contributed by atoms with Crippen molar-refractivity contribution in [2.45, 2.75) is 36.0 Å². The Balaban J connectivity index is 1.57. The van der Waals surface area contributed by atoms with Crippen molar-refractivity contribution in [2.24, 2.45) is 5.73 Å². The smallest absolute Gasteiger partial charge is 0.248 e. The Bertz CT molecular complexity index is 1050. The molecule has 2 aliphatic rings. The molecule has 1 aromatic carbocycles. The number of carbonyl (C=O) groups is 1. The maximum Gasteiger partial charge on any atom is 0.248 e. The minimum Gasteiger partial charge on any atom is -0.367 e. The van der Waals surface area contributed by atoms with Crippen LogP contribution in [0.15, 0.2) is 41.6 Å². The number of rotatable bonds is 3. The molecule has 0 aliphatic carbocycles. The Morgan fingerprint density at radius 1 is 1.29 bits per heavy atom. The molecule has 0 radical (unpaired) electrons. The zero-order chi connectivity index (χ0) is 19.9. The van der Waals surface area contributed by atoms with Crippen LogP contribution in [0.2, 0.25) is 0 Å². The molecule has 2 aromatic rings. The Morgan fingerprint density at radius 3 is 2.57 bits per heavy atom. The number of hydrogen-bond acceptors (Lipinski definition) is 6. The molecular weight excluding hydrogens is 382 g/mol. The molecule has 4 rings (SSSR count). The first-order valence-electron chi connectivity index (χ1n) is 8.85. The van der Waals surface area contributed by atoms with E-state index < -0.39 is 27.6 Å². The van der Waals surface area contributed by atoms with Crippen LogP contribution in [-0.2, 0) is 31.7 Å². The first-order valence-corrected chi connectivity index (χ1v) is 10.3. The Kier molecular flexibility index (Phi) is 4.45. The highest BCUT2D eigenvalue weighted by Gasteiger charge is 2.48. The van der Waals surface area contributed by atoms with Crippen LogP contribution in [0, 0.1) is 11.3 Å². The van der Waals surface area contributed by atoms with Crippen molar-refractivity contribution in [3.63, 3.8) is 0 Å². The van der Waals surface area contributed by atoms with Gasteiger partial charge in [-0.15, -0.1) is 0 Å². The molecule has 2 aliphatic heterocycles. The first kappa shape index (κ1) is 18.6. The fraction of sp³-hybridized carbons (Fsp3) is 0.389. The average Bonchev–Trinajstić information content (AvgIpc) is 3.18. The van der Waals surface area contributed by atoms with Crippen LogP contribution in [0.25, 0.3) is 0 Å². The van der Waals surface area contributed by atoms with E-state index in [-0.39, 0.29) is 18.0 Å². The molecule has 0 bridgehead atoms. The van der Waals surface area contributed by atoms with Gasteiger partial charge in [-0.3, -0.25) is 4.79 Å². The van der Waals surface area contributed by atoms with E-state index in [1.807, 2.05) is 10.6 Å². The van der Waals surface area contributed by atoms with Crippen LogP contribution in [0.5, 0.6) is 0 Å². The molecule has 1 spiro atoms. The number of nitrogens with two attached hydrogens (primary N) is 1. The van der Waals surface area contributed by atoms with E-state index in [0.29, 0.717) is 30.8 Å². The van der Waals surface area contributed by atoms with Crippen molar-refractivity contribution < 1.29 is 17.9 Å². The van der Waals surface area contributed by atoms with Gasteiger partial charge in [-0.1, -0.05) is 0 Å². The summed E-state index contributed by atoms with van der Waals surface area (Å²) in [5, 5.41) is 8.88. The first-order chi connectivity index (χ1) is 13.4. The summed E-state index contributed by atoms with van der Waals surface area (Å²) in [6.45, 7) is 0.751. The lowest BCUT2D eigenvalue weighted by Gasteiger charge is -2.44. The average molecular weight is 401 g/mol. The maximum atomic E-state index is 12.9. The van der Waals surface area contributed by atoms with Crippen LogP contribution in [-0.4, -0.2) is 47.4 Å². The van der Waals surface area contributed by atoms with Crippen LogP contribution in [0.1, 0.15) is 24.2 Å². The van der Waals surface area contributed by atoms with E-state index in [0.717, 1.165) is 0 Å². The molecule has 9 nitrogen and oxygen atoms in total. The monoisotopic (exact) mass is 401 g/mol. The Labute approximate surface area is 162 Å². The van der Waals surface area contributed by atoms with E-state index in [2.05, 4.69) is 4.98 Å². The number of hydrogen-bond donors (Lipinski definition) is 1. The van der Waals surface area contributed by atoms with Crippen LogP contribution in [0.3, 0.4) is 0 Å². The highest BCUT2D eigenvalue weighted by molar-refractivity contribution is 7.89. The molecule has 3 heterocycles. The van der Waals surface area contributed by atoms with Gasteiger partial charge in [-0.2, -0.15) is 9.57 Å². The maximum absolute atomic E-state index is 12.9. The zero-order valence-electron chi connectivity index (χ0n) is 15.0. The van der Waals surface area contributed by atoms with Gasteiger partial charge in [0.25, 0.3) is 0 Å². The number of amides is 1. The van der Waals surface area contributed by atoms with Gasteiger partial charge >= 0.3 is 0 Å². The topological polar surface area (TPSA) is 131 Å². The van der Waals surface area contributed by atoms with Crippen molar-refractivity contribution in [3.05, 3.63) is 48.0 Å². The molecule has 2 N–H and O–H groups in total. The van der Waals surface area contributed by atoms with Crippen LogP contribution in [0.4, 0.5) is 0 Å². The number of imidazole rings is 1. The fourth-order valence-corrected chi connectivity index (χ4v) is 5.27. The van der Waals surface area contributed by atoms with Crippen molar-refractivity contribution in [1.82, 2.24) is 13.9 Å². The second kappa shape index (κ2) is 6.70. The SMILES string of the molecule is N#Cc1ccc(S(=O)(=O)N2CCC3(CC2)OC(C(N)=O)Cn2ccnc23)cc1. The Hall–Kier alpha value is -2.74. The fourth-order valence-electron chi connectivity index (χ4n) is 3.82. The van der Waals surface area contributed by atoms with Gasteiger partial charge in [-0.25, -0.2) is 13.4 Å². The molecule has 1 amide bonds. The number of aromatic nitrogens is 2. The summed E-state index contributed by atoms with van der Waals surface area (Å²) in [7, 11) is -3.69. The molecule has 28 heavy (non-hydrogen) atoms. The molecule has 1 atom stereocenters. The minimum atomic E-state index is -3.69. The highest BCUT2D eigenvalue weighted by Crippen LogP contribution is 2.41. The van der Waals surface area contributed by atoms with Gasteiger partial charge in [0.05, 0.1) is 23.1 Å². The molecule has 1 unspecified atom stereocenters. The second-order valence-corrected chi connectivity index (χ2v) is 8.88. The molecule has 0 saturated carbocycles. The number of piperidine rings is 1. The van der Waals surface area contributed by atoms with E-state index in [4.69, 9.17) is 15.7 Å². The standard InChI is InChI=1S/C18H19N5O4S/c19-11-13-1-3-14(4-2-13)28(25,26)23-8-5-18(6-9-23)17-21-7-10-22(17)12-15(27-18)16(20)24/h1-4,7,10,15H,5-6,8-9,12H2,(H2,20,24). The Morgan fingerprint density at radius 2 is 1.96 bits per heavy atom. The van der Waals surface area contributed by atoms with Crippen molar-refractivity contribution in [1.29, 1.82) is 5.26 Å². The number of ether oxygens (including phenoxy) is 1. The van der Waals surface area contributed by atoms with Crippen molar-refractivity contribution in [3.8, 4) is 6.07 Å². The summed E-state index contributed by atoms with van der Waals surface area (Å²) in [6, 6.07) is 7.81. The summed E-state index contributed by atoms with van der Waals surface area (Å²) in [6.07, 6.45) is 3.37. The molecule has 10 heteroatoms. The van der Waals surface area contributed by atoms with Gasteiger partial charge in [0.15, 0.2) is 6.10 Å². The lowest BCUT2D eigenvalue weighted by Crippen LogP contribution is -2.54. The normalized spacial score (nSPS) is 21.8. The summed E-state index contributed by atoms with van der Waals surface area (Å²) in [5.41, 5.74) is 5.02. The number of benzene rings is 1. The van der Waals surface area contributed by atoms with E-state index in [1.165, 1.54) is 28.6 Å². The van der Waals surface area contributed by atoms with Crippen LogP contribution < -0.4 is 5.73 Å². The predicted molar refractivity (Wildman–Crippen MR) is 97.1 cm³/mol. The zero-order valence-corrected chi connectivity index (χ0v) is 15.8. The quantitative estimate of drug-likeness (QED) is 0.788. The molecule has 146 valence electrons. The van der Waals surface area contributed by atoms with E-state index in [9.17, 15) is 13.2 Å². The highest BCUT2D eigenvalue weighted by atomic mass is 32.2.